The second-order valence-corrected chi connectivity index (χ2v) is 5.26. The zero-order valence-electron chi connectivity index (χ0n) is 11.5. The Morgan fingerprint density at radius 2 is 2.09 bits per heavy atom. The minimum Gasteiger partial charge on any atom is -0.355 e. The maximum Gasteiger partial charge on any atom is 0.305 e. The molecule has 112 valence electrons. The lowest BCUT2D eigenvalue weighted by molar-refractivity contribution is -0.385. The van der Waals surface area contributed by atoms with E-state index in [-0.39, 0.29) is 11.4 Å². The van der Waals surface area contributed by atoms with Gasteiger partial charge in [0.25, 0.3) is 0 Å². The van der Waals surface area contributed by atoms with Gasteiger partial charge in [0, 0.05) is 19.7 Å². The third-order valence-corrected chi connectivity index (χ3v) is 3.85. The summed E-state index contributed by atoms with van der Waals surface area (Å²) in [6, 6.07) is 9.76. The molecular weight excluding hydrogens is 327 g/mol. The first-order valence-electron chi connectivity index (χ1n) is 6.13. The number of aromatic nitrogens is 1. The molecule has 0 radical (unpaired) electrons. The van der Waals surface area contributed by atoms with E-state index in [0.717, 1.165) is 5.56 Å². The monoisotopic (exact) mass is 336 g/mol. The van der Waals surface area contributed by atoms with Crippen LogP contribution in [-0.4, -0.2) is 17.0 Å². The van der Waals surface area contributed by atoms with E-state index in [1.807, 2.05) is 6.07 Å². The van der Waals surface area contributed by atoms with Crippen LogP contribution in [-0.2, 0) is 6.54 Å². The summed E-state index contributed by atoms with van der Waals surface area (Å²) in [6.07, 6.45) is 0. The number of benzene rings is 1. The SMILES string of the molecule is CN(Cc1cccc(Cl)c1Cl)c1ccc([N+](=O)[O-])c(C#N)n1. The fraction of sp³-hybridized carbons (Fsp3) is 0.143. The summed E-state index contributed by atoms with van der Waals surface area (Å²) in [5, 5.41) is 20.7. The second-order valence-electron chi connectivity index (χ2n) is 4.48. The topological polar surface area (TPSA) is 83.1 Å². The third-order valence-electron chi connectivity index (χ3n) is 2.99. The van der Waals surface area contributed by atoms with Gasteiger partial charge in [-0.1, -0.05) is 35.3 Å². The molecule has 2 rings (SSSR count). The summed E-state index contributed by atoms with van der Waals surface area (Å²) in [7, 11) is 1.74. The van der Waals surface area contributed by atoms with E-state index in [9.17, 15) is 10.1 Å². The number of nitro groups is 1. The quantitative estimate of drug-likeness (QED) is 0.626. The van der Waals surface area contributed by atoms with E-state index < -0.39 is 4.92 Å². The molecule has 0 saturated heterocycles. The first-order valence-corrected chi connectivity index (χ1v) is 6.89. The number of hydrogen-bond donors (Lipinski definition) is 0. The third kappa shape index (κ3) is 3.27. The van der Waals surface area contributed by atoms with Gasteiger partial charge in [0.2, 0.25) is 5.69 Å². The highest BCUT2D eigenvalue weighted by molar-refractivity contribution is 6.42. The molecule has 1 aromatic heterocycles. The van der Waals surface area contributed by atoms with Crippen molar-refractivity contribution in [2.45, 2.75) is 6.54 Å². The lowest BCUT2D eigenvalue weighted by Gasteiger charge is -2.19. The smallest absolute Gasteiger partial charge is 0.305 e. The van der Waals surface area contributed by atoms with Crippen molar-refractivity contribution < 1.29 is 4.92 Å². The van der Waals surface area contributed by atoms with Crippen molar-refractivity contribution in [2.75, 3.05) is 11.9 Å². The van der Waals surface area contributed by atoms with Gasteiger partial charge in [-0.25, -0.2) is 4.98 Å². The standard InChI is InChI=1S/C14H10Cl2N4O2/c1-19(8-9-3-2-4-10(15)14(9)16)13-6-5-12(20(21)22)11(7-17)18-13/h2-6H,8H2,1H3. The van der Waals surface area contributed by atoms with Crippen LogP contribution in [0.25, 0.3) is 0 Å². The number of nitrogens with zero attached hydrogens (tertiary/aromatic N) is 4. The van der Waals surface area contributed by atoms with Gasteiger partial charge in [-0.15, -0.1) is 0 Å². The van der Waals surface area contributed by atoms with Crippen molar-refractivity contribution in [3.63, 3.8) is 0 Å². The molecular formula is C14H10Cl2N4O2. The van der Waals surface area contributed by atoms with Crippen molar-refractivity contribution in [2.24, 2.45) is 0 Å². The van der Waals surface area contributed by atoms with Gasteiger partial charge in [0.05, 0.1) is 15.0 Å². The van der Waals surface area contributed by atoms with Crippen LogP contribution in [0, 0.1) is 21.4 Å². The van der Waals surface area contributed by atoms with Gasteiger partial charge in [-0.05, 0) is 17.7 Å². The molecule has 22 heavy (non-hydrogen) atoms. The molecule has 0 bridgehead atoms. The molecule has 0 N–H and O–H groups in total. The van der Waals surface area contributed by atoms with Crippen LogP contribution >= 0.6 is 23.2 Å². The zero-order valence-corrected chi connectivity index (χ0v) is 13.0. The summed E-state index contributed by atoms with van der Waals surface area (Å²) < 4.78 is 0. The highest BCUT2D eigenvalue weighted by Gasteiger charge is 2.17. The largest absolute Gasteiger partial charge is 0.355 e. The minimum absolute atomic E-state index is 0.230. The Morgan fingerprint density at radius 3 is 2.73 bits per heavy atom. The predicted octanol–water partition coefficient (Wildman–Crippen LogP) is 3.80. The first kappa shape index (κ1) is 16.0. The molecule has 2 aromatic rings. The molecule has 0 unspecified atom stereocenters. The summed E-state index contributed by atoms with van der Waals surface area (Å²) >= 11 is 12.1. The van der Waals surface area contributed by atoms with Gasteiger partial charge in [0.15, 0.2) is 0 Å². The van der Waals surface area contributed by atoms with Gasteiger partial charge in [-0.2, -0.15) is 5.26 Å². The molecule has 8 heteroatoms. The van der Waals surface area contributed by atoms with Crippen LogP contribution in [0.3, 0.4) is 0 Å². The Labute approximate surface area is 136 Å². The average Bonchev–Trinajstić information content (AvgIpc) is 2.50. The van der Waals surface area contributed by atoms with Crippen LogP contribution in [0.15, 0.2) is 30.3 Å². The Hall–Kier alpha value is -2.36. The Balaban J connectivity index is 2.30. The first-order chi connectivity index (χ1) is 10.4. The fourth-order valence-electron chi connectivity index (χ4n) is 1.89. The van der Waals surface area contributed by atoms with Crippen molar-refractivity contribution >= 4 is 34.7 Å². The molecule has 1 heterocycles. The molecule has 0 fully saturated rings. The minimum atomic E-state index is -0.636. The van der Waals surface area contributed by atoms with Gasteiger partial charge >= 0.3 is 5.69 Å². The Kier molecular flexibility index (Phi) is 4.81. The van der Waals surface area contributed by atoms with E-state index in [0.29, 0.717) is 22.4 Å². The maximum atomic E-state index is 10.8. The second kappa shape index (κ2) is 6.60. The van der Waals surface area contributed by atoms with E-state index in [2.05, 4.69) is 4.98 Å². The Bertz CT molecular complexity index is 774. The molecule has 0 aliphatic carbocycles. The number of anilines is 1. The maximum absolute atomic E-state index is 10.8. The molecule has 1 aromatic carbocycles. The van der Waals surface area contributed by atoms with Crippen LogP contribution in [0.5, 0.6) is 0 Å². The van der Waals surface area contributed by atoms with Crippen molar-refractivity contribution in [1.82, 2.24) is 4.98 Å². The van der Waals surface area contributed by atoms with Gasteiger partial charge in [0.1, 0.15) is 11.9 Å². The number of nitriles is 1. The lowest BCUT2D eigenvalue weighted by atomic mass is 10.2. The predicted molar refractivity (Wildman–Crippen MR) is 84.2 cm³/mol. The number of hydrogen-bond acceptors (Lipinski definition) is 5. The van der Waals surface area contributed by atoms with Crippen molar-refractivity contribution in [1.29, 1.82) is 5.26 Å². The Morgan fingerprint density at radius 1 is 1.36 bits per heavy atom. The summed E-state index contributed by atoms with van der Waals surface area (Å²) in [5.41, 5.74) is 0.238. The summed E-state index contributed by atoms with van der Waals surface area (Å²) in [4.78, 5) is 15.9. The summed E-state index contributed by atoms with van der Waals surface area (Å²) in [5.74, 6) is 0.429. The number of rotatable bonds is 4. The van der Waals surface area contributed by atoms with Gasteiger partial charge < -0.3 is 4.90 Å². The van der Waals surface area contributed by atoms with E-state index in [1.165, 1.54) is 12.1 Å². The van der Waals surface area contributed by atoms with E-state index in [1.54, 1.807) is 30.1 Å². The van der Waals surface area contributed by atoms with E-state index >= 15 is 0 Å². The van der Waals surface area contributed by atoms with Crippen LogP contribution in [0.4, 0.5) is 11.5 Å². The molecule has 0 saturated carbocycles. The molecule has 0 amide bonds. The molecule has 0 aliphatic rings. The van der Waals surface area contributed by atoms with Crippen LogP contribution in [0.2, 0.25) is 10.0 Å². The molecule has 0 spiro atoms. The van der Waals surface area contributed by atoms with Gasteiger partial charge in [-0.3, -0.25) is 10.1 Å². The average molecular weight is 337 g/mol. The fourth-order valence-corrected chi connectivity index (χ4v) is 2.27. The number of pyridine rings is 1. The zero-order chi connectivity index (χ0) is 16.3. The molecule has 0 atom stereocenters. The van der Waals surface area contributed by atoms with Crippen molar-refractivity contribution in [3.8, 4) is 6.07 Å². The van der Waals surface area contributed by atoms with E-state index in [4.69, 9.17) is 28.5 Å². The normalized spacial score (nSPS) is 10.1. The molecule has 6 nitrogen and oxygen atoms in total. The molecule has 0 aliphatic heterocycles. The van der Waals surface area contributed by atoms with Crippen LogP contribution in [0.1, 0.15) is 11.3 Å². The van der Waals surface area contributed by atoms with Crippen LogP contribution < -0.4 is 4.90 Å². The van der Waals surface area contributed by atoms with Crippen molar-refractivity contribution in [3.05, 3.63) is 61.7 Å². The summed E-state index contributed by atoms with van der Waals surface area (Å²) in [6.45, 7) is 0.398. The highest BCUT2D eigenvalue weighted by atomic mass is 35.5. The lowest BCUT2D eigenvalue weighted by Crippen LogP contribution is -2.18. The highest BCUT2D eigenvalue weighted by Crippen LogP contribution is 2.28. The number of halogens is 2.